The van der Waals surface area contributed by atoms with Crippen molar-refractivity contribution < 1.29 is 14.6 Å². The highest BCUT2D eigenvalue weighted by Gasteiger charge is 2.21. The Labute approximate surface area is 130 Å². The van der Waals surface area contributed by atoms with E-state index in [1.54, 1.807) is 7.11 Å². The third kappa shape index (κ3) is 2.87. The summed E-state index contributed by atoms with van der Waals surface area (Å²) in [5.74, 6) is -0.746. The Morgan fingerprint density at radius 1 is 1.32 bits per heavy atom. The first-order valence-corrected chi connectivity index (χ1v) is 7.61. The molecule has 0 unspecified atom stereocenters. The SMILES string of the molecule is COCCN1Cc2cc3c(CCC(=O)O)cn(C)c3cc2C1. The molecule has 1 N–H and O–H groups in total. The van der Waals surface area contributed by atoms with E-state index in [9.17, 15) is 4.79 Å². The molecule has 0 fully saturated rings. The summed E-state index contributed by atoms with van der Waals surface area (Å²) in [4.78, 5) is 13.2. The summed E-state index contributed by atoms with van der Waals surface area (Å²) in [5.41, 5.74) is 5.03. The van der Waals surface area contributed by atoms with Gasteiger partial charge in [-0.15, -0.1) is 0 Å². The van der Waals surface area contributed by atoms with Gasteiger partial charge in [0.25, 0.3) is 0 Å². The average Bonchev–Trinajstić information content (AvgIpc) is 3.01. The molecule has 0 atom stereocenters. The molecule has 3 rings (SSSR count). The number of hydrogen-bond acceptors (Lipinski definition) is 3. The number of carbonyl (C=O) groups is 1. The first kappa shape index (κ1) is 15.1. The Hall–Kier alpha value is -1.85. The molecule has 22 heavy (non-hydrogen) atoms. The lowest BCUT2D eigenvalue weighted by atomic mass is 10.0. The smallest absolute Gasteiger partial charge is 0.303 e. The number of carboxylic acid groups (broad SMARTS) is 1. The molecule has 1 aromatic heterocycles. The fourth-order valence-corrected chi connectivity index (χ4v) is 3.25. The number of benzene rings is 1. The summed E-state index contributed by atoms with van der Waals surface area (Å²) in [6, 6.07) is 4.50. The third-order valence-electron chi connectivity index (χ3n) is 4.40. The van der Waals surface area contributed by atoms with Crippen molar-refractivity contribution in [2.24, 2.45) is 7.05 Å². The van der Waals surface area contributed by atoms with Crippen molar-refractivity contribution in [1.29, 1.82) is 0 Å². The van der Waals surface area contributed by atoms with Gasteiger partial charge in [0.1, 0.15) is 0 Å². The van der Waals surface area contributed by atoms with Gasteiger partial charge in [0.2, 0.25) is 0 Å². The number of hydrogen-bond donors (Lipinski definition) is 1. The Morgan fingerprint density at radius 2 is 2.05 bits per heavy atom. The molecule has 0 spiro atoms. The molecule has 1 aliphatic heterocycles. The maximum atomic E-state index is 10.8. The van der Waals surface area contributed by atoms with Gasteiger partial charge in [0, 0.05) is 57.3 Å². The average molecular weight is 302 g/mol. The second-order valence-electron chi connectivity index (χ2n) is 6.00. The standard InChI is InChI=1S/C17H22N2O3/c1-18-9-12(3-4-17(20)21)15-7-13-10-19(5-6-22-2)11-14(13)8-16(15)18/h7-9H,3-6,10-11H2,1-2H3,(H,20,21). The van der Waals surface area contributed by atoms with Crippen molar-refractivity contribution in [3.63, 3.8) is 0 Å². The lowest BCUT2D eigenvalue weighted by Crippen LogP contribution is -2.21. The van der Waals surface area contributed by atoms with Gasteiger partial charge in [-0.2, -0.15) is 0 Å². The summed E-state index contributed by atoms with van der Waals surface area (Å²) in [6.07, 6.45) is 2.82. The second kappa shape index (κ2) is 6.10. The summed E-state index contributed by atoms with van der Waals surface area (Å²) >= 11 is 0. The van der Waals surface area contributed by atoms with Crippen molar-refractivity contribution in [3.05, 3.63) is 35.0 Å². The van der Waals surface area contributed by atoms with Crippen LogP contribution < -0.4 is 0 Å². The molecule has 1 aliphatic rings. The lowest BCUT2D eigenvalue weighted by Gasteiger charge is -2.13. The van der Waals surface area contributed by atoms with E-state index >= 15 is 0 Å². The van der Waals surface area contributed by atoms with E-state index < -0.39 is 5.97 Å². The van der Waals surface area contributed by atoms with Crippen molar-refractivity contribution in [1.82, 2.24) is 9.47 Å². The topological polar surface area (TPSA) is 54.7 Å². The molecule has 118 valence electrons. The van der Waals surface area contributed by atoms with Gasteiger partial charge < -0.3 is 14.4 Å². The second-order valence-corrected chi connectivity index (χ2v) is 6.00. The quantitative estimate of drug-likeness (QED) is 0.888. The molecule has 0 bridgehead atoms. The van der Waals surface area contributed by atoms with Crippen LogP contribution >= 0.6 is 0 Å². The van der Waals surface area contributed by atoms with Crippen LogP contribution in [0.25, 0.3) is 10.9 Å². The van der Waals surface area contributed by atoms with E-state index in [0.29, 0.717) is 6.42 Å². The fourth-order valence-electron chi connectivity index (χ4n) is 3.25. The lowest BCUT2D eigenvalue weighted by molar-refractivity contribution is -0.136. The molecular weight excluding hydrogens is 280 g/mol. The Morgan fingerprint density at radius 3 is 2.73 bits per heavy atom. The van der Waals surface area contributed by atoms with Crippen LogP contribution in [0.1, 0.15) is 23.1 Å². The van der Waals surface area contributed by atoms with Crippen LogP contribution in [0.2, 0.25) is 0 Å². The molecule has 5 heteroatoms. The maximum Gasteiger partial charge on any atom is 0.303 e. The number of aliphatic carboxylic acids is 1. The summed E-state index contributed by atoms with van der Waals surface area (Å²) in [7, 11) is 3.75. The molecule has 0 saturated carbocycles. The van der Waals surface area contributed by atoms with Crippen LogP contribution in [-0.4, -0.2) is 40.8 Å². The molecule has 0 saturated heterocycles. The van der Waals surface area contributed by atoms with Crippen molar-refractivity contribution in [2.75, 3.05) is 20.3 Å². The zero-order chi connectivity index (χ0) is 15.7. The van der Waals surface area contributed by atoms with Crippen LogP contribution in [0.3, 0.4) is 0 Å². The number of aryl methyl sites for hydroxylation is 2. The van der Waals surface area contributed by atoms with Crippen LogP contribution in [0, 0.1) is 0 Å². The molecule has 0 radical (unpaired) electrons. The van der Waals surface area contributed by atoms with Gasteiger partial charge in [-0.05, 0) is 35.2 Å². The molecule has 2 aromatic rings. The van der Waals surface area contributed by atoms with Gasteiger partial charge in [0.05, 0.1) is 6.61 Å². The zero-order valence-electron chi connectivity index (χ0n) is 13.1. The van der Waals surface area contributed by atoms with Gasteiger partial charge in [-0.3, -0.25) is 9.69 Å². The van der Waals surface area contributed by atoms with Gasteiger partial charge in [-0.25, -0.2) is 0 Å². The molecule has 2 heterocycles. The summed E-state index contributed by atoms with van der Waals surface area (Å²) < 4.78 is 7.26. The van der Waals surface area contributed by atoms with E-state index in [2.05, 4.69) is 27.8 Å². The predicted octanol–water partition coefficient (Wildman–Crippen LogP) is 2.16. The van der Waals surface area contributed by atoms with E-state index in [-0.39, 0.29) is 6.42 Å². The normalized spacial score (nSPS) is 14.6. The number of rotatable bonds is 6. The number of fused-ring (bicyclic) bond motifs is 2. The summed E-state index contributed by atoms with van der Waals surface area (Å²) in [6.45, 7) is 3.59. The van der Waals surface area contributed by atoms with Crippen LogP contribution in [-0.2, 0) is 36.1 Å². The highest BCUT2D eigenvalue weighted by molar-refractivity contribution is 5.86. The monoisotopic (exact) mass is 302 g/mol. The van der Waals surface area contributed by atoms with Crippen molar-refractivity contribution in [3.8, 4) is 0 Å². The van der Waals surface area contributed by atoms with E-state index in [1.165, 1.54) is 22.0 Å². The molecule has 0 aliphatic carbocycles. The number of aromatic nitrogens is 1. The highest BCUT2D eigenvalue weighted by atomic mass is 16.5. The van der Waals surface area contributed by atoms with Gasteiger partial charge in [-0.1, -0.05) is 0 Å². The number of nitrogens with zero attached hydrogens (tertiary/aromatic N) is 2. The maximum absolute atomic E-state index is 10.8. The first-order valence-electron chi connectivity index (χ1n) is 7.61. The van der Waals surface area contributed by atoms with Crippen molar-refractivity contribution >= 4 is 16.9 Å². The van der Waals surface area contributed by atoms with Crippen LogP contribution in [0.4, 0.5) is 0 Å². The third-order valence-corrected chi connectivity index (χ3v) is 4.40. The van der Waals surface area contributed by atoms with Gasteiger partial charge >= 0.3 is 5.97 Å². The van der Waals surface area contributed by atoms with Gasteiger partial charge in [0.15, 0.2) is 0 Å². The number of methoxy groups -OCH3 is 1. The van der Waals surface area contributed by atoms with Crippen LogP contribution in [0.5, 0.6) is 0 Å². The number of ether oxygens (including phenoxy) is 1. The van der Waals surface area contributed by atoms with E-state index in [0.717, 1.165) is 31.8 Å². The van der Waals surface area contributed by atoms with Crippen LogP contribution in [0.15, 0.2) is 18.3 Å². The minimum absolute atomic E-state index is 0.177. The molecule has 1 aromatic carbocycles. The Balaban J connectivity index is 1.88. The first-order chi connectivity index (χ1) is 10.6. The predicted molar refractivity (Wildman–Crippen MR) is 84.9 cm³/mol. The zero-order valence-corrected chi connectivity index (χ0v) is 13.1. The highest BCUT2D eigenvalue weighted by Crippen LogP contribution is 2.30. The molecule has 5 nitrogen and oxygen atoms in total. The van der Waals surface area contributed by atoms with Crippen molar-refractivity contribution in [2.45, 2.75) is 25.9 Å². The van der Waals surface area contributed by atoms with E-state index in [1.807, 2.05) is 7.05 Å². The minimum atomic E-state index is -0.746. The Bertz CT molecular complexity index is 705. The fraction of sp³-hybridized carbons (Fsp3) is 0.471. The minimum Gasteiger partial charge on any atom is -0.481 e. The largest absolute Gasteiger partial charge is 0.481 e. The summed E-state index contributed by atoms with van der Waals surface area (Å²) in [5, 5.41) is 10.1. The molecular formula is C17H22N2O3. The Kier molecular flexibility index (Phi) is 4.18. The number of carboxylic acids is 1. The van der Waals surface area contributed by atoms with E-state index in [4.69, 9.17) is 9.84 Å². The molecule has 0 amide bonds.